The Bertz CT molecular complexity index is 1070. The van der Waals surface area contributed by atoms with Crippen LogP contribution in [0.3, 0.4) is 0 Å². The van der Waals surface area contributed by atoms with Gasteiger partial charge in [0.05, 0.1) is 0 Å². The molecule has 0 saturated carbocycles. The van der Waals surface area contributed by atoms with Gasteiger partial charge in [-0.1, -0.05) is 18.2 Å². The van der Waals surface area contributed by atoms with Gasteiger partial charge < -0.3 is 14.4 Å². The molecule has 3 aromatic rings. The summed E-state index contributed by atoms with van der Waals surface area (Å²) >= 11 is 0. The zero-order valence-corrected chi connectivity index (χ0v) is 15.2. The first-order chi connectivity index (χ1) is 12.5. The van der Waals surface area contributed by atoms with E-state index in [0.29, 0.717) is 11.2 Å². The number of aryl methyl sites for hydroxylation is 2. The van der Waals surface area contributed by atoms with Gasteiger partial charge in [-0.15, -0.1) is 0 Å². The quantitative estimate of drug-likeness (QED) is 0.662. The first kappa shape index (κ1) is 16.4. The third-order valence-corrected chi connectivity index (χ3v) is 5.14. The summed E-state index contributed by atoms with van der Waals surface area (Å²) in [5.74, 6) is 0.728. The highest BCUT2D eigenvalue weighted by atomic mass is 16.2. The van der Waals surface area contributed by atoms with Crippen LogP contribution in [-0.2, 0) is 21.1 Å². The summed E-state index contributed by atoms with van der Waals surface area (Å²) in [5, 5.41) is 0. The molecule has 136 valence electrons. The topological polar surface area (TPSA) is 68.3 Å². The van der Waals surface area contributed by atoms with E-state index >= 15 is 0 Å². The number of imidazole rings is 1. The molecule has 1 fully saturated rings. The zero-order valence-electron chi connectivity index (χ0n) is 15.2. The van der Waals surface area contributed by atoms with E-state index in [2.05, 4.69) is 26.9 Å². The van der Waals surface area contributed by atoms with Crippen molar-refractivity contribution < 1.29 is 0 Å². The Morgan fingerprint density at radius 2 is 1.42 bits per heavy atom. The molecule has 1 aliphatic heterocycles. The summed E-state index contributed by atoms with van der Waals surface area (Å²) in [6.07, 6.45) is 0. The summed E-state index contributed by atoms with van der Waals surface area (Å²) in [7, 11) is 4.98. The lowest BCUT2D eigenvalue weighted by Gasteiger charge is -2.36. The minimum absolute atomic E-state index is 0.313. The number of aromatic nitrogens is 4. The second-order valence-electron chi connectivity index (χ2n) is 6.66. The van der Waals surface area contributed by atoms with Gasteiger partial charge in [-0.05, 0) is 12.1 Å². The van der Waals surface area contributed by atoms with Gasteiger partial charge in [0.1, 0.15) is 0 Å². The third kappa shape index (κ3) is 2.40. The maximum Gasteiger partial charge on any atom is 0.332 e. The lowest BCUT2D eigenvalue weighted by molar-refractivity contribution is 0.632. The molecule has 1 aliphatic rings. The van der Waals surface area contributed by atoms with Gasteiger partial charge in [-0.3, -0.25) is 13.9 Å². The highest BCUT2D eigenvalue weighted by Gasteiger charge is 2.24. The van der Waals surface area contributed by atoms with E-state index in [-0.39, 0.29) is 11.2 Å². The number of anilines is 2. The molecule has 0 amide bonds. The summed E-state index contributed by atoms with van der Waals surface area (Å²) in [5.41, 5.74) is 1.43. The van der Waals surface area contributed by atoms with Crippen molar-refractivity contribution in [1.29, 1.82) is 0 Å². The van der Waals surface area contributed by atoms with E-state index < -0.39 is 0 Å². The van der Waals surface area contributed by atoms with Gasteiger partial charge in [0, 0.05) is 53.0 Å². The molecule has 2 aromatic heterocycles. The van der Waals surface area contributed by atoms with E-state index in [1.807, 2.05) is 25.2 Å². The lowest BCUT2D eigenvalue weighted by Crippen LogP contribution is -2.47. The highest BCUT2D eigenvalue weighted by Crippen LogP contribution is 2.21. The van der Waals surface area contributed by atoms with Crippen molar-refractivity contribution in [3.05, 3.63) is 51.2 Å². The van der Waals surface area contributed by atoms with Gasteiger partial charge in [0.25, 0.3) is 5.56 Å². The minimum Gasteiger partial charge on any atom is -0.368 e. The Hall–Kier alpha value is -3.03. The first-order valence-electron chi connectivity index (χ1n) is 8.66. The van der Waals surface area contributed by atoms with Crippen LogP contribution in [0.5, 0.6) is 0 Å². The van der Waals surface area contributed by atoms with Crippen molar-refractivity contribution in [2.24, 2.45) is 21.1 Å². The van der Waals surface area contributed by atoms with E-state index in [9.17, 15) is 9.59 Å². The van der Waals surface area contributed by atoms with Crippen molar-refractivity contribution in [2.45, 2.75) is 0 Å². The molecule has 0 unspecified atom stereocenters. The lowest BCUT2D eigenvalue weighted by atomic mass is 10.2. The monoisotopic (exact) mass is 354 g/mol. The smallest absolute Gasteiger partial charge is 0.332 e. The fraction of sp³-hybridized carbons (Fsp3) is 0.389. The van der Waals surface area contributed by atoms with Crippen LogP contribution in [0.1, 0.15) is 0 Å². The molecule has 0 aliphatic carbocycles. The molecular formula is C18H22N6O2. The molecule has 0 spiro atoms. The fourth-order valence-corrected chi connectivity index (χ4v) is 3.59. The summed E-state index contributed by atoms with van der Waals surface area (Å²) < 4.78 is 4.36. The molecule has 0 atom stereocenters. The van der Waals surface area contributed by atoms with Crippen LogP contribution >= 0.6 is 0 Å². The van der Waals surface area contributed by atoms with Crippen LogP contribution < -0.4 is 21.0 Å². The molecule has 26 heavy (non-hydrogen) atoms. The molecule has 0 bridgehead atoms. The van der Waals surface area contributed by atoms with Crippen molar-refractivity contribution >= 4 is 22.8 Å². The van der Waals surface area contributed by atoms with Crippen molar-refractivity contribution in [3.63, 3.8) is 0 Å². The number of benzene rings is 1. The van der Waals surface area contributed by atoms with Crippen LogP contribution in [0, 0.1) is 0 Å². The minimum atomic E-state index is -0.360. The SMILES string of the molecule is Cn1c(=O)c2c(nc(N3CCN(c4ccccc4)CC3)n2C)n(C)c1=O. The molecule has 4 rings (SSSR count). The molecule has 3 heterocycles. The number of hydrogen-bond donors (Lipinski definition) is 0. The Labute approximate surface area is 150 Å². The average Bonchev–Trinajstić information content (AvgIpc) is 3.03. The standard InChI is InChI=1S/C18H22N6O2/c1-20-14-15(21(2)18(26)22(3)16(14)25)19-17(20)24-11-9-23(10-12-24)13-7-5-4-6-8-13/h4-8H,9-12H2,1-3H3. The predicted molar refractivity (Wildman–Crippen MR) is 102 cm³/mol. The van der Waals surface area contributed by atoms with Crippen LogP contribution in [0.25, 0.3) is 11.2 Å². The Balaban J connectivity index is 1.68. The third-order valence-electron chi connectivity index (χ3n) is 5.14. The Kier molecular flexibility index (Phi) is 3.82. The molecule has 8 nitrogen and oxygen atoms in total. The van der Waals surface area contributed by atoms with Crippen LogP contribution in [0.15, 0.2) is 39.9 Å². The number of piperazine rings is 1. The van der Waals surface area contributed by atoms with E-state index in [4.69, 9.17) is 0 Å². The highest BCUT2D eigenvalue weighted by molar-refractivity contribution is 5.74. The van der Waals surface area contributed by atoms with Crippen molar-refractivity contribution in [3.8, 4) is 0 Å². The average molecular weight is 354 g/mol. The van der Waals surface area contributed by atoms with Crippen LogP contribution in [0.2, 0.25) is 0 Å². The number of para-hydroxylation sites is 1. The summed E-state index contributed by atoms with van der Waals surface area (Å²) in [4.78, 5) is 33.8. The van der Waals surface area contributed by atoms with Gasteiger partial charge in [-0.25, -0.2) is 4.79 Å². The van der Waals surface area contributed by atoms with Crippen molar-refractivity contribution in [2.75, 3.05) is 36.0 Å². The number of hydrogen-bond acceptors (Lipinski definition) is 5. The van der Waals surface area contributed by atoms with Gasteiger partial charge in [-0.2, -0.15) is 4.98 Å². The summed E-state index contributed by atoms with van der Waals surface area (Å²) in [6.45, 7) is 3.37. The second-order valence-corrected chi connectivity index (χ2v) is 6.66. The van der Waals surface area contributed by atoms with Gasteiger partial charge >= 0.3 is 5.69 Å². The second kappa shape index (κ2) is 6.05. The molecule has 0 radical (unpaired) electrons. The van der Waals surface area contributed by atoms with Crippen LogP contribution in [-0.4, -0.2) is 44.9 Å². The molecule has 8 heteroatoms. The first-order valence-corrected chi connectivity index (χ1v) is 8.66. The van der Waals surface area contributed by atoms with E-state index in [1.54, 1.807) is 11.6 Å². The molecule has 1 saturated heterocycles. The predicted octanol–water partition coefficient (Wildman–Crippen LogP) is 0.297. The van der Waals surface area contributed by atoms with Crippen LogP contribution in [0.4, 0.5) is 11.6 Å². The maximum atomic E-state index is 12.5. The molecular weight excluding hydrogens is 332 g/mol. The Morgan fingerprint density at radius 3 is 2.08 bits per heavy atom. The van der Waals surface area contributed by atoms with Gasteiger partial charge in [0.2, 0.25) is 5.95 Å². The zero-order chi connectivity index (χ0) is 18.4. The molecule has 1 aromatic carbocycles. The summed E-state index contributed by atoms with van der Waals surface area (Å²) in [6, 6.07) is 10.3. The van der Waals surface area contributed by atoms with E-state index in [1.165, 1.54) is 17.3 Å². The van der Waals surface area contributed by atoms with E-state index in [0.717, 1.165) is 36.7 Å². The molecule has 0 N–H and O–H groups in total. The largest absolute Gasteiger partial charge is 0.368 e. The fourth-order valence-electron chi connectivity index (χ4n) is 3.59. The van der Waals surface area contributed by atoms with Gasteiger partial charge in [0.15, 0.2) is 11.2 Å². The van der Waals surface area contributed by atoms with Crippen molar-refractivity contribution in [1.82, 2.24) is 18.7 Å². The number of nitrogens with zero attached hydrogens (tertiary/aromatic N) is 6. The maximum absolute atomic E-state index is 12.5. The number of rotatable bonds is 2. The number of fused-ring (bicyclic) bond motifs is 1. The Morgan fingerprint density at radius 1 is 0.808 bits per heavy atom. The normalized spacial score (nSPS) is 15.0.